The maximum Gasteiger partial charge on any atom is 0.194 e. The van der Waals surface area contributed by atoms with E-state index in [1.807, 2.05) is 0 Å². The molecule has 3 heterocycles. The van der Waals surface area contributed by atoms with Gasteiger partial charge in [-0.25, -0.2) is 0 Å². The summed E-state index contributed by atoms with van der Waals surface area (Å²) in [6, 6.07) is 1.39. The van der Waals surface area contributed by atoms with Crippen LogP contribution in [0.3, 0.4) is 0 Å². The van der Waals surface area contributed by atoms with Crippen LogP contribution in [0.4, 0.5) is 0 Å². The Bertz CT molecular complexity index is 222. The third-order valence-corrected chi connectivity index (χ3v) is 3.28. The van der Waals surface area contributed by atoms with E-state index in [0.29, 0.717) is 12.1 Å². The van der Waals surface area contributed by atoms with Crippen LogP contribution < -0.4 is 10.6 Å². The normalized spacial score (nSPS) is 37.5. The second kappa shape index (κ2) is 2.87. The zero-order chi connectivity index (χ0) is 8.67. The molecule has 2 fully saturated rings. The lowest BCUT2D eigenvalue weighted by molar-refractivity contribution is 0.247. The van der Waals surface area contributed by atoms with E-state index >= 15 is 0 Å². The molecule has 2 atom stereocenters. The molecule has 3 aliphatic heterocycles. The molecule has 0 spiro atoms. The molecule has 0 saturated carbocycles. The molecule has 13 heavy (non-hydrogen) atoms. The molecule has 72 valence electrons. The maximum absolute atomic E-state index is 4.50. The molecule has 3 rings (SSSR count). The summed E-state index contributed by atoms with van der Waals surface area (Å²) < 4.78 is 0. The average Bonchev–Trinajstić information content (AvgIpc) is 2.72. The number of piperazine rings is 1. The molecule has 2 saturated heterocycles. The standard InChI is InChI=1S/C9H16N4/c1-2-8-6-10-5-7(1)13(8)9-11-3-4-12-9/h7-8,10H,1-6H2,(H,11,12). The smallest absolute Gasteiger partial charge is 0.194 e. The van der Waals surface area contributed by atoms with E-state index in [9.17, 15) is 0 Å². The van der Waals surface area contributed by atoms with Crippen LogP contribution in [-0.2, 0) is 0 Å². The topological polar surface area (TPSA) is 39.7 Å². The fraction of sp³-hybridized carbons (Fsp3) is 0.889. The minimum Gasteiger partial charge on any atom is -0.354 e. The van der Waals surface area contributed by atoms with E-state index in [2.05, 4.69) is 20.5 Å². The van der Waals surface area contributed by atoms with E-state index in [1.54, 1.807) is 0 Å². The molecule has 0 amide bonds. The number of guanidine groups is 1. The second-order valence-corrected chi connectivity index (χ2v) is 4.08. The van der Waals surface area contributed by atoms with Crippen LogP contribution in [0, 0.1) is 0 Å². The van der Waals surface area contributed by atoms with Gasteiger partial charge < -0.3 is 15.5 Å². The monoisotopic (exact) mass is 180 g/mol. The van der Waals surface area contributed by atoms with Gasteiger partial charge in [-0.2, -0.15) is 0 Å². The molecule has 2 N–H and O–H groups in total. The molecule has 0 aliphatic carbocycles. The van der Waals surface area contributed by atoms with Crippen LogP contribution in [0.5, 0.6) is 0 Å². The van der Waals surface area contributed by atoms with E-state index in [-0.39, 0.29) is 0 Å². The van der Waals surface area contributed by atoms with Crippen LogP contribution in [-0.4, -0.2) is 49.1 Å². The minimum atomic E-state index is 0.697. The Hall–Kier alpha value is -0.770. The number of fused-ring (bicyclic) bond motifs is 2. The van der Waals surface area contributed by atoms with E-state index in [1.165, 1.54) is 12.8 Å². The molecule has 0 aromatic rings. The first-order valence-electron chi connectivity index (χ1n) is 5.22. The Morgan fingerprint density at radius 1 is 1.23 bits per heavy atom. The summed E-state index contributed by atoms with van der Waals surface area (Å²) in [4.78, 5) is 7.01. The van der Waals surface area contributed by atoms with Gasteiger partial charge in [0.2, 0.25) is 0 Å². The van der Waals surface area contributed by atoms with E-state index < -0.39 is 0 Å². The zero-order valence-electron chi connectivity index (χ0n) is 7.79. The zero-order valence-corrected chi connectivity index (χ0v) is 7.79. The van der Waals surface area contributed by atoms with Gasteiger partial charge in [0, 0.05) is 31.7 Å². The van der Waals surface area contributed by atoms with E-state index in [0.717, 1.165) is 32.1 Å². The van der Waals surface area contributed by atoms with E-state index in [4.69, 9.17) is 0 Å². The number of aliphatic imine (C=N–C) groups is 1. The van der Waals surface area contributed by atoms with Crippen LogP contribution in [0.1, 0.15) is 12.8 Å². The highest BCUT2D eigenvalue weighted by Crippen LogP contribution is 2.26. The number of nitrogens with zero attached hydrogens (tertiary/aromatic N) is 2. The maximum atomic E-state index is 4.50. The Morgan fingerprint density at radius 2 is 2.00 bits per heavy atom. The van der Waals surface area contributed by atoms with Crippen molar-refractivity contribution in [2.75, 3.05) is 26.2 Å². The number of nitrogens with one attached hydrogen (secondary N) is 2. The Labute approximate surface area is 78.4 Å². The van der Waals surface area contributed by atoms with Crippen molar-refractivity contribution in [3.63, 3.8) is 0 Å². The van der Waals surface area contributed by atoms with Crippen molar-refractivity contribution in [3.8, 4) is 0 Å². The van der Waals surface area contributed by atoms with Gasteiger partial charge in [0.05, 0.1) is 6.54 Å². The fourth-order valence-electron chi connectivity index (χ4n) is 2.68. The quantitative estimate of drug-likeness (QED) is 0.522. The highest BCUT2D eigenvalue weighted by atomic mass is 15.4. The predicted octanol–water partition coefficient (Wildman–Crippen LogP) is -0.618. The molecule has 4 nitrogen and oxygen atoms in total. The molecular formula is C9H16N4. The van der Waals surface area contributed by atoms with Crippen LogP contribution in [0.15, 0.2) is 4.99 Å². The first-order chi connectivity index (χ1) is 6.45. The van der Waals surface area contributed by atoms with Crippen LogP contribution in [0.25, 0.3) is 0 Å². The fourth-order valence-corrected chi connectivity index (χ4v) is 2.68. The van der Waals surface area contributed by atoms with Crippen molar-refractivity contribution in [1.82, 2.24) is 15.5 Å². The average molecular weight is 180 g/mol. The molecule has 4 heteroatoms. The van der Waals surface area contributed by atoms with Crippen molar-refractivity contribution < 1.29 is 0 Å². The summed E-state index contributed by atoms with van der Waals surface area (Å²) in [6.07, 6.45) is 2.66. The summed E-state index contributed by atoms with van der Waals surface area (Å²) in [7, 11) is 0. The van der Waals surface area contributed by atoms with Gasteiger partial charge in [-0.05, 0) is 12.8 Å². The van der Waals surface area contributed by atoms with Gasteiger partial charge in [0.25, 0.3) is 0 Å². The highest BCUT2D eigenvalue weighted by Gasteiger charge is 2.38. The van der Waals surface area contributed by atoms with Crippen LogP contribution >= 0.6 is 0 Å². The Kier molecular flexibility index (Phi) is 1.68. The third kappa shape index (κ3) is 1.12. The van der Waals surface area contributed by atoms with Crippen molar-refractivity contribution in [2.24, 2.45) is 4.99 Å². The summed E-state index contributed by atoms with van der Waals surface area (Å²) in [6.45, 7) is 4.26. The summed E-state index contributed by atoms with van der Waals surface area (Å²) in [5.74, 6) is 1.16. The van der Waals surface area contributed by atoms with Gasteiger partial charge in [0.15, 0.2) is 5.96 Å². The minimum absolute atomic E-state index is 0.697. The third-order valence-electron chi connectivity index (χ3n) is 3.28. The Balaban J connectivity index is 1.82. The van der Waals surface area contributed by atoms with Crippen molar-refractivity contribution in [3.05, 3.63) is 0 Å². The molecule has 0 radical (unpaired) electrons. The van der Waals surface area contributed by atoms with Gasteiger partial charge in [-0.1, -0.05) is 0 Å². The second-order valence-electron chi connectivity index (χ2n) is 4.08. The molecule has 0 aromatic carbocycles. The van der Waals surface area contributed by atoms with Crippen LogP contribution in [0.2, 0.25) is 0 Å². The lowest BCUT2D eigenvalue weighted by atomic mass is 10.2. The van der Waals surface area contributed by atoms with Gasteiger partial charge >= 0.3 is 0 Å². The predicted molar refractivity (Wildman–Crippen MR) is 51.8 cm³/mol. The molecule has 2 bridgehead atoms. The largest absolute Gasteiger partial charge is 0.354 e. The van der Waals surface area contributed by atoms with Crippen molar-refractivity contribution >= 4 is 5.96 Å². The van der Waals surface area contributed by atoms with Crippen molar-refractivity contribution in [2.45, 2.75) is 24.9 Å². The summed E-state index contributed by atoms with van der Waals surface area (Å²) >= 11 is 0. The van der Waals surface area contributed by atoms with Gasteiger partial charge in [-0.3, -0.25) is 4.99 Å². The van der Waals surface area contributed by atoms with Gasteiger partial charge in [0.1, 0.15) is 0 Å². The number of hydrogen-bond donors (Lipinski definition) is 2. The van der Waals surface area contributed by atoms with Crippen molar-refractivity contribution in [1.29, 1.82) is 0 Å². The molecule has 2 unspecified atom stereocenters. The molecular weight excluding hydrogens is 164 g/mol. The number of rotatable bonds is 0. The lowest BCUT2D eigenvalue weighted by Gasteiger charge is -2.36. The molecule has 3 aliphatic rings. The first kappa shape index (κ1) is 7.62. The number of hydrogen-bond acceptors (Lipinski definition) is 4. The van der Waals surface area contributed by atoms with Gasteiger partial charge in [-0.15, -0.1) is 0 Å². The first-order valence-corrected chi connectivity index (χ1v) is 5.22. The summed E-state index contributed by atoms with van der Waals surface area (Å²) in [5, 5.41) is 6.85. The highest BCUT2D eigenvalue weighted by molar-refractivity contribution is 5.82. The Morgan fingerprint density at radius 3 is 2.62 bits per heavy atom. The summed E-state index contributed by atoms with van der Waals surface area (Å²) in [5.41, 5.74) is 0. The SMILES string of the molecule is C1CNC(N2C3CCC2CNC3)=N1. The lowest BCUT2D eigenvalue weighted by Crippen LogP contribution is -2.56. The molecule has 0 aromatic heterocycles.